The second-order valence-corrected chi connectivity index (χ2v) is 13.0. The Morgan fingerprint density at radius 3 is 2.25 bits per heavy atom. The molecule has 4 N–H and O–H groups in total. The highest BCUT2D eigenvalue weighted by Gasteiger charge is 2.62. The van der Waals surface area contributed by atoms with Crippen molar-refractivity contribution in [3.63, 3.8) is 0 Å². The van der Waals surface area contributed by atoms with Gasteiger partial charge in [0, 0.05) is 5.92 Å². The fraction of sp³-hybridized carbons (Fsp3) is 0.889. The quantitative estimate of drug-likeness (QED) is 0.513. The van der Waals surface area contributed by atoms with Gasteiger partial charge in [-0.1, -0.05) is 19.4 Å². The van der Waals surface area contributed by atoms with Gasteiger partial charge in [0.1, 0.15) is 0 Å². The summed E-state index contributed by atoms with van der Waals surface area (Å²) in [5.41, 5.74) is -0.599. The average molecular weight is 449 g/mol. The molecule has 0 aliphatic heterocycles. The Balaban J connectivity index is 1.58. The molecule has 32 heavy (non-hydrogen) atoms. The predicted octanol–water partition coefficient (Wildman–Crippen LogP) is 3.77. The number of ketones is 1. The molecular weight excluding hydrogens is 404 g/mol. The highest BCUT2D eigenvalue weighted by atomic mass is 16.3. The highest BCUT2D eigenvalue weighted by molar-refractivity contribution is 5.94. The van der Waals surface area contributed by atoms with E-state index in [0.717, 1.165) is 32.1 Å². The topological polar surface area (TPSA) is 98.0 Å². The summed E-state index contributed by atoms with van der Waals surface area (Å²) in [4.78, 5) is 13.2. The zero-order valence-electron chi connectivity index (χ0n) is 20.6. The minimum atomic E-state index is -0.810. The van der Waals surface area contributed by atoms with Gasteiger partial charge in [-0.3, -0.25) is 4.79 Å². The molecular formula is C27H44O5. The summed E-state index contributed by atoms with van der Waals surface area (Å²) in [6.45, 7) is 10.1. The first-order chi connectivity index (χ1) is 14.7. The lowest BCUT2D eigenvalue weighted by Crippen LogP contribution is -2.56. The Kier molecular flexibility index (Phi) is 6.02. The van der Waals surface area contributed by atoms with E-state index in [0.29, 0.717) is 25.7 Å². The molecule has 5 nitrogen and oxygen atoms in total. The van der Waals surface area contributed by atoms with Gasteiger partial charge in [-0.25, -0.2) is 0 Å². The van der Waals surface area contributed by atoms with Crippen LogP contribution in [0.2, 0.25) is 0 Å². The molecule has 0 bridgehead atoms. The van der Waals surface area contributed by atoms with Crippen LogP contribution in [0.1, 0.15) is 92.4 Å². The van der Waals surface area contributed by atoms with Crippen molar-refractivity contribution in [2.75, 3.05) is 0 Å². The molecule has 0 radical (unpaired) electrons. The van der Waals surface area contributed by atoms with Gasteiger partial charge in [0.2, 0.25) is 0 Å². The van der Waals surface area contributed by atoms with E-state index in [2.05, 4.69) is 13.8 Å². The first kappa shape index (κ1) is 24.4. The molecule has 4 rings (SSSR count). The van der Waals surface area contributed by atoms with Gasteiger partial charge in [0.25, 0.3) is 0 Å². The van der Waals surface area contributed by atoms with Crippen molar-refractivity contribution in [3.05, 3.63) is 11.6 Å². The standard InChI is InChI=1S/C27H44O5/c1-24(2,31)10-6-11-27(5,32)23-8-7-17-16-13-20(28)19-14-21(29)22(30)15-26(19,4)18(16)9-12-25(17,23)3/h13,17-19,21-23,29-32H,6-12,14-15H2,1-5H3/t17?,18?,19?,21-,22+,23?,25?,26?,27?/m1/s1. The number of aliphatic hydroxyl groups is 4. The summed E-state index contributed by atoms with van der Waals surface area (Å²) < 4.78 is 0. The van der Waals surface area contributed by atoms with Crippen LogP contribution in [0.3, 0.4) is 0 Å². The van der Waals surface area contributed by atoms with E-state index < -0.39 is 23.4 Å². The first-order valence-corrected chi connectivity index (χ1v) is 12.8. The minimum Gasteiger partial charge on any atom is -0.390 e. The van der Waals surface area contributed by atoms with Crippen molar-refractivity contribution >= 4 is 5.78 Å². The predicted molar refractivity (Wildman–Crippen MR) is 124 cm³/mol. The maximum absolute atomic E-state index is 13.2. The van der Waals surface area contributed by atoms with Crippen molar-refractivity contribution in [2.45, 2.75) is 116 Å². The number of hydrogen-bond donors (Lipinski definition) is 4. The van der Waals surface area contributed by atoms with Crippen molar-refractivity contribution in [1.82, 2.24) is 0 Å². The molecule has 0 spiro atoms. The van der Waals surface area contributed by atoms with Crippen molar-refractivity contribution < 1.29 is 25.2 Å². The Morgan fingerprint density at radius 1 is 0.938 bits per heavy atom. The van der Waals surface area contributed by atoms with Gasteiger partial charge in [0.05, 0.1) is 23.4 Å². The number of aliphatic hydroxyl groups excluding tert-OH is 2. The molecule has 7 unspecified atom stereocenters. The maximum Gasteiger partial charge on any atom is 0.159 e. The Morgan fingerprint density at radius 2 is 1.59 bits per heavy atom. The van der Waals surface area contributed by atoms with Crippen molar-refractivity contribution in [2.24, 2.45) is 34.5 Å². The van der Waals surface area contributed by atoms with Gasteiger partial charge < -0.3 is 20.4 Å². The zero-order valence-corrected chi connectivity index (χ0v) is 20.6. The van der Waals surface area contributed by atoms with Crippen LogP contribution in [0.15, 0.2) is 11.6 Å². The van der Waals surface area contributed by atoms with E-state index in [1.54, 1.807) is 0 Å². The largest absolute Gasteiger partial charge is 0.390 e. The third-order valence-electron chi connectivity index (χ3n) is 10.1. The molecule has 0 aromatic carbocycles. The number of carbonyl (C=O) groups is 1. The number of hydrogen-bond acceptors (Lipinski definition) is 5. The summed E-state index contributed by atoms with van der Waals surface area (Å²) in [7, 11) is 0. The van der Waals surface area contributed by atoms with E-state index >= 15 is 0 Å². The molecule has 0 amide bonds. The molecule has 0 aromatic rings. The molecule has 0 saturated heterocycles. The van der Waals surface area contributed by atoms with Crippen molar-refractivity contribution in [1.29, 1.82) is 0 Å². The summed E-state index contributed by atoms with van der Waals surface area (Å²) in [6.07, 6.45) is 7.24. The number of carbonyl (C=O) groups excluding carboxylic acids is 1. The smallest absolute Gasteiger partial charge is 0.159 e. The van der Waals surface area contributed by atoms with Gasteiger partial charge in [-0.2, -0.15) is 0 Å². The SMILES string of the molecule is CC(C)(O)CCCC(C)(O)C1CCC2C3=CC(=O)C4C[C@@H](O)[C@@H](O)CC4(C)C3CCC21C. The Bertz CT molecular complexity index is 779. The van der Waals surface area contributed by atoms with E-state index in [4.69, 9.17) is 0 Å². The Labute approximate surface area is 193 Å². The maximum atomic E-state index is 13.2. The molecule has 4 aliphatic carbocycles. The van der Waals surface area contributed by atoms with Crippen LogP contribution in [0.25, 0.3) is 0 Å². The van der Waals surface area contributed by atoms with Gasteiger partial charge in [-0.05, 0) is 113 Å². The number of allylic oxidation sites excluding steroid dienone is 2. The van der Waals surface area contributed by atoms with E-state index in [1.165, 1.54) is 5.57 Å². The molecule has 0 aromatic heterocycles. The molecule has 3 fully saturated rings. The van der Waals surface area contributed by atoms with E-state index in [9.17, 15) is 25.2 Å². The van der Waals surface area contributed by atoms with Crippen LogP contribution in [0, 0.1) is 34.5 Å². The molecule has 182 valence electrons. The van der Waals surface area contributed by atoms with E-state index in [1.807, 2.05) is 26.8 Å². The third kappa shape index (κ3) is 3.91. The number of rotatable bonds is 5. The summed E-state index contributed by atoms with van der Waals surface area (Å²) >= 11 is 0. The van der Waals surface area contributed by atoms with Crippen LogP contribution in [0.5, 0.6) is 0 Å². The molecule has 0 heterocycles. The normalized spacial score (nSPS) is 46.0. The zero-order chi connectivity index (χ0) is 23.7. The molecule has 5 heteroatoms. The van der Waals surface area contributed by atoms with E-state index in [-0.39, 0.29) is 40.3 Å². The third-order valence-corrected chi connectivity index (χ3v) is 10.1. The van der Waals surface area contributed by atoms with Crippen LogP contribution in [-0.2, 0) is 4.79 Å². The lowest BCUT2D eigenvalue weighted by Gasteiger charge is -2.58. The first-order valence-electron chi connectivity index (χ1n) is 12.8. The van der Waals surface area contributed by atoms with Crippen LogP contribution in [-0.4, -0.2) is 49.6 Å². The van der Waals surface area contributed by atoms with Crippen LogP contribution < -0.4 is 0 Å². The molecule has 4 aliphatic rings. The minimum absolute atomic E-state index is 0.0448. The molecule has 3 saturated carbocycles. The lowest BCUT2D eigenvalue weighted by atomic mass is 9.47. The average Bonchev–Trinajstić information content (AvgIpc) is 3.01. The Hall–Kier alpha value is -0.750. The van der Waals surface area contributed by atoms with Gasteiger partial charge >= 0.3 is 0 Å². The van der Waals surface area contributed by atoms with Crippen molar-refractivity contribution in [3.8, 4) is 0 Å². The highest BCUT2D eigenvalue weighted by Crippen LogP contribution is 2.67. The van der Waals surface area contributed by atoms with Gasteiger partial charge in [0.15, 0.2) is 5.78 Å². The lowest BCUT2D eigenvalue weighted by molar-refractivity contribution is -0.144. The summed E-state index contributed by atoms with van der Waals surface area (Å²) in [6, 6.07) is 0. The van der Waals surface area contributed by atoms with Crippen LogP contribution in [0.4, 0.5) is 0 Å². The second-order valence-electron chi connectivity index (χ2n) is 13.0. The van der Waals surface area contributed by atoms with Crippen LogP contribution >= 0.6 is 0 Å². The second kappa shape index (κ2) is 7.90. The molecule has 9 atom stereocenters. The number of fused-ring (bicyclic) bond motifs is 5. The summed E-state index contributed by atoms with van der Waals surface area (Å²) in [5, 5.41) is 42.3. The summed E-state index contributed by atoms with van der Waals surface area (Å²) in [5.74, 6) is 0.639. The fourth-order valence-corrected chi connectivity index (χ4v) is 8.47. The fourth-order valence-electron chi connectivity index (χ4n) is 8.47. The van der Waals surface area contributed by atoms with Gasteiger partial charge in [-0.15, -0.1) is 0 Å². The monoisotopic (exact) mass is 448 g/mol.